The van der Waals surface area contributed by atoms with Gasteiger partial charge in [0.15, 0.2) is 5.78 Å². The van der Waals surface area contributed by atoms with Crippen LogP contribution in [0.1, 0.15) is 42.8 Å². The first kappa shape index (κ1) is 14.2. The fourth-order valence-corrected chi connectivity index (χ4v) is 3.66. The van der Waals surface area contributed by atoms with Crippen molar-refractivity contribution < 1.29 is 4.79 Å². The SMILES string of the molecule is Cc1cccc([C@H]2C3=C(C[C@H](C)CC3=O)Nc3nc(C)nn32)c1. The highest BCUT2D eigenvalue weighted by Crippen LogP contribution is 2.41. The van der Waals surface area contributed by atoms with Crippen LogP contribution in [0.15, 0.2) is 35.5 Å². The van der Waals surface area contributed by atoms with Crippen molar-refractivity contribution in [2.24, 2.45) is 5.92 Å². The smallest absolute Gasteiger partial charge is 0.226 e. The number of Topliss-reactive ketones (excluding diaryl/α,β-unsaturated/α-hetero) is 1. The van der Waals surface area contributed by atoms with Crippen LogP contribution in [0.3, 0.4) is 0 Å². The number of benzene rings is 1. The Bertz CT molecular complexity index is 833. The van der Waals surface area contributed by atoms with Crippen LogP contribution in [0.4, 0.5) is 5.95 Å². The first-order valence-electron chi connectivity index (χ1n) is 8.06. The molecule has 0 radical (unpaired) electrons. The molecule has 0 bridgehead atoms. The van der Waals surface area contributed by atoms with Crippen molar-refractivity contribution in [1.82, 2.24) is 14.8 Å². The zero-order valence-electron chi connectivity index (χ0n) is 13.6. The van der Waals surface area contributed by atoms with Gasteiger partial charge in [-0.25, -0.2) is 4.68 Å². The zero-order chi connectivity index (χ0) is 16.1. The van der Waals surface area contributed by atoms with E-state index in [9.17, 15) is 4.79 Å². The van der Waals surface area contributed by atoms with Crippen LogP contribution in [0.5, 0.6) is 0 Å². The molecule has 5 nitrogen and oxygen atoms in total. The summed E-state index contributed by atoms with van der Waals surface area (Å²) in [6.45, 7) is 6.07. The summed E-state index contributed by atoms with van der Waals surface area (Å²) in [6, 6.07) is 8.12. The molecule has 118 valence electrons. The molecule has 1 aliphatic carbocycles. The molecule has 1 aliphatic heterocycles. The number of nitrogens with zero attached hydrogens (tertiary/aromatic N) is 3. The standard InChI is InChI=1S/C18H20N4O/c1-10-5-4-6-13(7-10)17-16-14(8-11(2)9-15(16)23)20-18-19-12(3)21-22(17)18/h4-7,11,17H,8-9H2,1-3H3,(H,19,20,21)/t11-,17-/m0/s1. The number of hydrogen-bond donors (Lipinski definition) is 1. The minimum atomic E-state index is -0.178. The number of anilines is 1. The van der Waals surface area contributed by atoms with Crippen LogP contribution in [-0.4, -0.2) is 20.5 Å². The lowest BCUT2D eigenvalue weighted by Gasteiger charge is -2.34. The third-order valence-electron chi connectivity index (χ3n) is 4.59. The number of ketones is 1. The van der Waals surface area contributed by atoms with Crippen molar-refractivity contribution in [2.45, 2.75) is 39.7 Å². The topological polar surface area (TPSA) is 59.8 Å². The van der Waals surface area contributed by atoms with Gasteiger partial charge in [0.05, 0.1) is 0 Å². The molecular formula is C18H20N4O. The Labute approximate surface area is 135 Å². The molecule has 2 heterocycles. The van der Waals surface area contributed by atoms with Crippen LogP contribution in [0, 0.1) is 19.8 Å². The molecule has 0 fully saturated rings. The number of aromatic nitrogens is 3. The van der Waals surface area contributed by atoms with E-state index in [1.807, 2.05) is 17.7 Å². The lowest BCUT2D eigenvalue weighted by molar-refractivity contribution is -0.117. The van der Waals surface area contributed by atoms with Gasteiger partial charge in [0, 0.05) is 17.7 Å². The molecule has 4 rings (SSSR count). The highest BCUT2D eigenvalue weighted by atomic mass is 16.1. The lowest BCUT2D eigenvalue weighted by Crippen LogP contribution is -2.33. The molecule has 1 aromatic carbocycles. The molecule has 0 amide bonds. The lowest BCUT2D eigenvalue weighted by atomic mass is 9.81. The Morgan fingerprint density at radius 3 is 2.87 bits per heavy atom. The van der Waals surface area contributed by atoms with Crippen LogP contribution < -0.4 is 5.32 Å². The van der Waals surface area contributed by atoms with E-state index >= 15 is 0 Å². The number of nitrogens with one attached hydrogen (secondary N) is 1. The van der Waals surface area contributed by atoms with Gasteiger partial charge in [0.25, 0.3) is 0 Å². The van der Waals surface area contributed by atoms with Crippen LogP contribution in [0.25, 0.3) is 0 Å². The molecule has 0 unspecified atom stereocenters. The van der Waals surface area contributed by atoms with E-state index in [2.05, 4.69) is 47.4 Å². The van der Waals surface area contributed by atoms with Gasteiger partial charge in [-0.05, 0) is 31.7 Å². The number of aryl methyl sites for hydroxylation is 2. The van der Waals surface area contributed by atoms with Crippen molar-refractivity contribution in [3.63, 3.8) is 0 Å². The fraction of sp³-hybridized carbons (Fsp3) is 0.389. The first-order chi connectivity index (χ1) is 11.0. The molecule has 2 aliphatic rings. The summed E-state index contributed by atoms with van der Waals surface area (Å²) in [5.41, 5.74) is 4.14. The van der Waals surface area contributed by atoms with E-state index in [1.165, 1.54) is 5.56 Å². The van der Waals surface area contributed by atoms with Gasteiger partial charge in [-0.15, -0.1) is 0 Å². The molecule has 2 aromatic rings. The Morgan fingerprint density at radius 2 is 2.09 bits per heavy atom. The number of fused-ring (bicyclic) bond motifs is 1. The number of hydrogen-bond acceptors (Lipinski definition) is 4. The number of allylic oxidation sites excluding steroid dienone is 2. The maximum Gasteiger partial charge on any atom is 0.226 e. The van der Waals surface area contributed by atoms with E-state index in [4.69, 9.17) is 0 Å². The largest absolute Gasteiger partial charge is 0.328 e. The van der Waals surface area contributed by atoms with Gasteiger partial charge >= 0.3 is 0 Å². The monoisotopic (exact) mass is 308 g/mol. The molecular weight excluding hydrogens is 288 g/mol. The molecule has 5 heteroatoms. The van der Waals surface area contributed by atoms with Crippen molar-refractivity contribution in [2.75, 3.05) is 5.32 Å². The van der Waals surface area contributed by atoms with E-state index in [1.54, 1.807) is 0 Å². The van der Waals surface area contributed by atoms with E-state index < -0.39 is 0 Å². The second-order valence-corrected chi connectivity index (χ2v) is 6.70. The predicted octanol–water partition coefficient (Wildman–Crippen LogP) is 3.16. The van der Waals surface area contributed by atoms with Gasteiger partial charge in [0.2, 0.25) is 5.95 Å². The summed E-state index contributed by atoms with van der Waals surface area (Å²) in [5, 5.41) is 7.88. The Balaban J connectivity index is 1.93. The highest BCUT2D eigenvalue weighted by Gasteiger charge is 2.38. The van der Waals surface area contributed by atoms with Gasteiger partial charge < -0.3 is 5.32 Å². The summed E-state index contributed by atoms with van der Waals surface area (Å²) < 4.78 is 1.86. The van der Waals surface area contributed by atoms with E-state index in [-0.39, 0.29) is 11.8 Å². The normalized spacial score (nSPS) is 23.3. The molecule has 0 saturated heterocycles. The summed E-state index contributed by atoms with van der Waals surface area (Å²) in [4.78, 5) is 17.3. The van der Waals surface area contributed by atoms with Gasteiger partial charge in [0.1, 0.15) is 11.9 Å². The maximum absolute atomic E-state index is 12.8. The Hall–Kier alpha value is -2.43. The Morgan fingerprint density at radius 1 is 1.26 bits per heavy atom. The third kappa shape index (κ3) is 2.27. The average Bonchev–Trinajstić information content (AvgIpc) is 2.84. The molecule has 1 aromatic heterocycles. The van der Waals surface area contributed by atoms with Crippen LogP contribution >= 0.6 is 0 Å². The summed E-state index contributed by atoms with van der Waals surface area (Å²) in [7, 11) is 0. The van der Waals surface area contributed by atoms with Crippen molar-refractivity contribution in [3.05, 3.63) is 52.5 Å². The second-order valence-electron chi connectivity index (χ2n) is 6.70. The quantitative estimate of drug-likeness (QED) is 0.879. The molecule has 0 saturated carbocycles. The molecule has 0 spiro atoms. The van der Waals surface area contributed by atoms with Gasteiger partial charge in [-0.2, -0.15) is 10.1 Å². The van der Waals surface area contributed by atoms with Crippen molar-refractivity contribution in [1.29, 1.82) is 0 Å². The summed E-state index contributed by atoms with van der Waals surface area (Å²) >= 11 is 0. The van der Waals surface area contributed by atoms with Gasteiger partial charge in [-0.3, -0.25) is 4.79 Å². The molecule has 23 heavy (non-hydrogen) atoms. The minimum absolute atomic E-state index is 0.178. The van der Waals surface area contributed by atoms with Crippen molar-refractivity contribution in [3.8, 4) is 0 Å². The average molecular weight is 308 g/mol. The van der Waals surface area contributed by atoms with Gasteiger partial charge in [-0.1, -0.05) is 36.8 Å². The van der Waals surface area contributed by atoms with Crippen LogP contribution in [-0.2, 0) is 4.79 Å². The molecule has 2 atom stereocenters. The predicted molar refractivity (Wildman–Crippen MR) is 88.1 cm³/mol. The van der Waals surface area contributed by atoms with E-state index in [0.29, 0.717) is 18.2 Å². The maximum atomic E-state index is 12.8. The number of rotatable bonds is 1. The summed E-state index contributed by atoms with van der Waals surface area (Å²) in [5.74, 6) is 2.03. The zero-order valence-corrected chi connectivity index (χ0v) is 13.6. The molecule has 1 N–H and O–H groups in total. The minimum Gasteiger partial charge on any atom is -0.328 e. The second kappa shape index (κ2) is 5.05. The fourth-order valence-electron chi connectivity index (χ4n) is 3.66. The van der Waals surface area contributed by atoms with Crippen LogP contribution in [0.2, 0.25) is 0 Å². The van der Waals surface area contributed by atoms with E-state index in [0.717, 1.165) is 29.2 Å². The number of carbonyl (C=O) groups excluding carboxylic acids is 1. The summed E-state index contributed by atoms with van der Waals surface area (Å²) in [6.07, 6.45) is 1.49. The highest BCUT2D eigenvalue weighted by molar-refractivity contribution is 5.99. The Kier molecular flexibility index (Phi) is 3.11. The van der Waals surface area contributed by atoms with Crippen molar-refractivity contribution >= 4 is 11.7 Å². The third-order valence-corrected chi connectivity index (χ3v) is 4.59. The first-order valence-corrected chi connectivity index (χ1v) is 8.06. The number of carbonyl (C=O) groups is 1.